The molecule has 0 aliphatic carbocycles. The van der Waals surface area contributed by atoms with Crippen molar-refractivity contribution in [2.45, 2.75) is 0 Å². The van der Waals surface area contributed by atoms with Crippen molar-refractivity contribution in [3.8, 4) is 11.5 Å². The second-order valence-corrected chi connectivity index (χ2v) is 3.39. The first-order valence-electron chi connectivity index (χ1n) is 5.21. The lowest BCUT2D eigenvalue weighted by Crippen LogP contribution is -1.94. The zero-order chi connectivity index (χ0) is 12.8. The molecular weight excluding hydrogens is 232 g/mol. The van der Waals surface area contributed by atoms with E-state index in [1.807, 2.05) is 0 Å². The van der Waals surface area contributed by atoms with E-state index in [1.165, 1.54) is 7.11 Å². The zero-order valence-corrected chi connectivity index (χ0v) is 9.74. The van der Waals surface area contributed by atoms with Gasteiger partial charge in [-0.15, -0.1) is 0 Å². The van der Waals surface area contributed by atoms with E-state index in [2.05, 4.69) is 20.5 Å². The molecule has 0 saturated heterocycles. The second-order valence-electron chi connectivity index (χ2n) is 3.39. The lowest BCUT2D eigenvalue weighted by Gasteiger charge is -2.03. The average molecular weight is 244 g/mol. The third-order valence-electron chi connectivity index (χ3n) is 2.16. The van der Waals surface area contributed by atoms with Gasteiger partial charge in [0.15, 0.2) is 17.3 Å². The molecule has 0 fully saturated rings. The van der Waals surface area contributed by atoms with Gasteiger partial charge in [-0.05, 0) is 23.8 Å². The Morgan fingerprint density at radius 1 is 1.39 bits per heavy atom. The minimum absolute atomic E-state index is 0.0940. The number of phenolic OH excluding ortho intramolecular Hbond substituents is 1. The topological polar surface area (TPSA) is 79.6 Å². The van der Waals surface area contributed by atoms with Crippen molar-refractivity contribution in [1.29, 1.82) is 0 Å². The molecule has 92 valence electrons. The van der Waals surface area contributed by atoms with Gasteiger partial charge in [-0.3, -0.25) is 10.4 Å². The molecule has 0 unspecified atom stereocenters. The molecule has 1 aromatic heterocycles. The number of hydrogen-bond donors (Lipinski definition) is 2. The molecule has 18 heavy (non-hydrogen) atoms. The van der Waals surface area contributed by atoms with Gasteiger partial charge >= 0.3 is 0 Å². The fourth-order valence-electron chi connectivity index (χ4n) is 1.30. The number of anilines is 1. The van der Waals surface area contributed by atoms with Gasteiger partial charge < -0.3 is 9.84 Å². The molecule has 2 N–H and O–H groups in total. The Kier molecular flexibility index (Phi) is 3.70. The summed E-state index contributed by atoms with van der Waals surface area (Å²) in [7, 11) is 1.49. The Morgan fingerprint density at radius 3 is 3.00 bits per heavy atom. The second kappa shape index (κ2) is 5.62. The molecule has 0 atom stereocenters. The molecule has 2 aromatic rings. The Labute approximate surface area is 104 Å². The van der Waals surface area contributed by atoms with E-state index in [9.17, 15) is 5.11 Å². The first-order valence-corrected chi connectivity index (χ1v) is 5.21. The molecule has 0 aliphatic rings. The smallest absolute Gasteiger partial charge is 0.164 e. The molecule has 6 nitrogen and oxygen atoms in total. The van der Waals surface area contributed by atoms with Gasteiger partial charge in [-0.2, -0.15) is 5.10 Å². The Balaban J connectivity index is 2.05. The van der Waals surface area contributed by atoms with Crippen LogP contribution in [-0.2, 0) is 0 Å². The van der Waals surface area contributed by atoms with Crippen LogP contribution in [0.5, 0.6) is 11.5 Å². The lowest BCUT2D eigenvalue weighted by atomic mass is 10.2. The van der Waals surface area contributed by atoms with Gasteiger partial charge in [0.05, 0.1) is 19.5 Å². The number of aromatic nitrogens is 2. The number of phenols is 1. The Hall–Kier alpha value is -2.63. The van der Waals surface area contributed by atoms with Gasteiger partial charge in [0, 0.05) is 12.4 Å². The van der Waals surface area contributed by atoms with Crippen LogP contribution in [0.3, 0.4) is 0 Å². The van der Waals surface area contributed by atoms with Crippen LogP contribution in [0.25, 0.3) is 0 Å². The molecule has 2 rings (SSSR count). The van der Waals surface area contributed by atoms with E-state index < -0.39 is 0 Å². The highest BCUT2D eigenvalue weighted by Gasteiger charge is 2.00. The summed E-state index contributed by atoms with van der Waals surface area (Å²) in [6.07, 6.45) is 6.31. The van der Waals surface area contributed by atoms with Crippen LogP contribution >= 0.6 is 0 Å². The predicted octanol–water partition coefficient (Wildman–Crippen LogP) is 1.64. The number of benzene rings is 1. The van der Waals surface area contributed by atoms with E-state index >= 15 is 0 Å². The summed E-state index contributed by atoms with van der Waals surface area (Å²) >= 11 is 0. The molecule has 0 radical (unpaired) electrons. The van der Waals surface area contributed by atoms with Crippen molar-refractivity contribution < 1.29 is 9.84 Å². The van der Waals surface area contributed by atoms with Crippen molar-refractivity contribution in [2.75, 3.05) is 12.5 Å². The summed E-state index contributed by atoms with van der Waals surface area (Å²) in [6.45, 7) is 0. The zero-order valence-electron chi connectivity index (χ0n) is 9.74. The molecule has 1 aromatic carbocycles. The number of nitrogens with zero attached hydrogens (tertiary/aromatic N) is 3. The number of nitrogens with one attached hydrogen (secondary N) is 1. The van der Waals surface area contributed by atoms with Crippen molar-refractivity contribution in [3.63, 3.8) is 0 Å². The standard InChI is InChI=1S/C12H12N4O2/c1-18-11-6-9(2-3-10(11)17)7-15-16-12-8-13-4-5-14-12/h2-8,17H,1H3,(H,14,16)/b15-7+. The highest BCUT2D eigenvalue weighted by molar-refractivity contribution is 5.81. The first kappa shape index (κ1) is 11.8. The normalized spacial score (nSPS) is 10.5. The third-order valence-corrected chi connectivity index (χ3v) is 2.16. The van der Waals surface area contributed by atoms with Crippen molar-refractivity contribution in [3.05, 3.63) is 42.4 Å². The van der Waals surface area contributed by atoms with Gasteiger partial charge in [0.1, 0.15) is 0 Å². The molecule has 0 spiro atoms. The monoisotopic (exact) mass is 244 g/mol. The van der Waals surface area contributed by atoms with Crippen LogP contribution in [0.2, 0.25) is 0 Å². The first-order chi connectivity index (χ1) is 8.79. The van der Waals surface area contributed by atoms with Crippen LogP contribution in [0.4, 0.5) is 5.82 Å². The average Bonchev–Trinajstić information content (AvgIpc) is 2.42. The summed E-state index contributed by atoms with van der Waals surface area (Å²) in [5.41, 5.74) is 3.53. The number of aromatic hydroxyl groups is 1. The van der Waals surface area contributed by atoms with E-state index in [-0.39, 0.29) is 5.75 Å². The molecular formula is C12H12N4O2. The van der Waals surface area contributed by atoms with Gasteiger partial charge in [-0.25, -0.2) is 4.98 Å². The Bertz CT molecular complexity index is 543. The van der Waals surface area contributed by atoms with Crippen LogP contribution in [0.15, 0.2) is 41.9 Å². The van der Waals surface area contributed by atoms with E-state index in [1.54, 1.807) is 43.0 Å². The minimum atomic E-state index is 0.0940. The van der Waals surface area contributed by atoms with Gasteiger partial charge in [0.25, 0.3) is 0 Å². The van der Waals surface area contributed by atoms with Crippen molar-refractivity contribution in [1.82, 2.24) is 9.97 Å². The Morgan fingerprint density at radius 2 is 2.28 bits per heavy atom. The maximum Gasteiger partial charge on any atom is 0.164 e. The molecule has 0 bridgehead atoms. The largest absolute Gasteiger partial charge is 0.504 e. The summed E-state index contributed by atoms with van der Waals surface area (Å²) in [5.74, 6) is 1.05. The number of ether oxygens (including phenoxy) is 1. The molecule has 0 aliphatic heterocycles. The summed E-state index contributed by atoms with van der Waals surface area (Å²) in [4.78, 5) is 7.90. The van der Waals surface area contributed by atoms with Crippen LogP contribution in [0, 0.1) is 0 Å². The van der Waals surface area contributed by atoms with Crippen molar-refractivity contribution in [2.24, 2.45) is 5.10 Å². The number of methoxy groups -OCH3 is 1. The lowest BCUT2D eigenvalue weighted by molar-refractivity contribution is 0.373. The molecule has 0 amide bonds. The van der Waals surface area contributed by atoms with Gasteiger partial charge in [0.2, 0.25) is 0 Å². The summed E-state index contributed by atoms with van der Waals surface area (Å²) in [6, 6.07) is 4.94. The SMILES string of the molecule is COc1cc(/C=N/Nc2cnccn2)ccc1O. The fraction of sp³-hybridized carbons (Fsp3) is 0.0833. The number of hydrazone groups is 1. The van der Waals surface area contributed by atoms with E-state index in [0.717, 1.165) is 5.56 Å². The summed E-state index contributed by atoms with van der Waals surface area (Å²) in [5, 5.41) is 13.4. The number of hydrogen-bond acceptors (Lipinski definition) is 6. The van der Waals surface area contributed by atoms with Crippen LogP contribution in [-0.4, -0.2) is 28.4 Å². The molecule has 1 heterocycles. The van der Waals surface area contributed by atoms with Crippen molar-refractivity contribution >= 4 is 12.0 Å². The van der Waals surface area contributed by atoms with Crippen LogP contribution in [0.1, 0.15) is 5.56 Å². The predicted molar refractivity (Wildman–Crippen MR) is 67.9 cm³/mol. The number of rotatable bonds is 4. The maximum atomic E-state index is 9.43. The molecule has 6 heteroatoms. The molecule has 0 saturated carbocycles. The fourth-order valence-corrected chi connectivity index (χ4v) is 1.30. The minimum Gasteiger partial charge on any atom is -0.504 e. The summed E-state index contributed by atoms with van der Waals surface area (Å²) < 4.78 is 5.00. The van der Waals surface area contributed by atoms with Crippen LogP contribution < -0.4 is 10.2 Å². The maximum absolute atomic E-state index is 9.43. The van der Waals surface area contributed by atoms with E-state index in [0.29, 0.717) is 11.6 Å². The highest BCUT2D eigenvalue weighted by Crippen LogP contribution is 2.25. The van der Waals surface area contributed by atoms with E-state index in [4.69, 9.17) is 4.74 Å². The highest BCUT2D eigenvalue weighted by atomic mass is 16.5. The van der Waals surface area contributed by atoms with Gasteiger partial charge in [-0.1, -0.05) is 0 Å². The quantitative estimate of drug-likeness (QED) is 0.631. The third kappa shape index (κ3) is 2.94.